The van der Waals surface area contributed by atoms with Crippen molar-refractivity contribution in [1.29, 1.82) is 0 Å². The first-order chi connectivity index (χ1) is 4.16. The van der Waals surface area contributed by atoms with Crippen molar-refractivity contribution in [2.75, 3.05) is 6.67 Å². The second kappa shape index (κ2) is 2.25. The third-order valence-corrected chi connectivity index (χ3v) is 2.21. The van der Waals surface area contributed by atoms with E-state index < -0.39 is 0 Å². The van der Waals surface area contributed by atoms with Crippen LogP contribution in [0, 0.1) is 5.41 Å². The molecule has 0 amide bonds. The molecular formula is C7H14FN. The minimum Gasteiger partial charge on any atom is -0.328 e. The van der Waals surface area contributed by atoms with Crippen LogP contribution in [0.15, 0.2) is 0 Å². The summed E-state index contributed by atoms with van der Waals surface area (Å²) in [5.41, 5.74) is 5.81. The SMILES string of the molecule is CC1(CCF)CC(N)C1. The predicted octanol–water partition coefficient (Wildman–Crippen LogP) is 1.47. The minimum atomic E-state index is -0.191. The van der Waals surface area contributed by atoms with E-state index in [2.05, 4.69) is 6.92 Å². The van der Waals surface area contributed by atoms with E-state index in [0.29, 0.717) is 12.5 Å². The number of hydrogen-bond donors (Lipinski definition) is 1. The van der Waals surface area contributed by atoms with Gasteiger partial charge in [0, 0.05) is 6.04 Å². The van der Waals surface area contributed by atoms with Crippen LogP contribution in [0.25, 0.3) is 0 Å². The second-order valence-corrected chi connectivity index (χ2v) is 3.42. The molecule has 0 unspecified atom stereocenters. The van der Waals surface area contributed by atoms with Gasteiger partial charge in [0.05, 0.1) is 6.67 Å². The Morgan fingerprint density at radius 2 is 2.22 bits per heavy atom. The second-order valence-electron chi connectivity index (χ2n) is 3.42. The summed E-state index contributed by atoms with van der Waals surface area (Å²) in [5, 5.41) is 0. The lowest BCUT2D eigenvalue weighted by molar-refractivity contribution is 0.105. The molecule has 1 rings (SSSR count). The molecule has 0 radical (unpaired) electrons. The van der Waals surface area contributed by atoms with Crippen LogP contribution in [0.5, 0.6) is 0 Å². The van der Waals surface area contributed by atoms with Gasteiger partial charge in [-0.25, -0.2) is 0 Å². The predicted molar refractivity (Wildman–Crippen MR) is 35.9 cm³/mol. The van der Waals surface area contributed by atoms with Crippen LogP contribution in [0.1, 0.15) is 26.2 Å². The molecule has 0 aromatic carbocycles. The highest BCUT2D eigenvalue weighted by Crippen LogP contribution is 2.42. The Labute approximate surface area is 55.4 Å². The molecule has 0 atom stereocenters. The van der Waals surface area contributed by atoms with Gasteiger partial charge in [-0.1, -0.05) is 6.92 Å². The van der Waals surface area contributed by atoms with Crippen LogP contribution in [-0.2, 0) is 0 Å². The zero-order valence-corrected chi connectivity index (χ0v) is 5.86. The van der Waals surface area contributed by atoms with Crippen molar-refractivity contribution >= 4 is 0 Å². The lowest BCUT2D eigenvalue weighted by Gasteiger charge is -2.43. The molecule has 0 bridgehead atoms. The van der Waals surface area contributed by atoms with Crippen molar-refractivity contribution in [2.24, 2.45) is 11.1 Å². The van der Waals surface area contributed by atoms with Gasteiger partial charge >= 0.3 is 0 Å². The molecule has 2 N–H and O–H groups in total. The van der Waals surface area contributed by atoms with Crippen molar-refractivity contribution < 1.29 is 4.39 Å². The number of nitrogens with two attached hydrogens (primary N) is 1. The van der Waals surface area contributed by atoms with Crippen LogP contribution in [0.4, 0.5) is 4.39 Å². The van der Waals surface area contributed by atoms with E-state index in [1.54, 1.807) is 0 Å². The van der Waals surface area contributed by atoms with E-state index in [0.717, 1.165) is 12.8 Å². The van der Waals surface area contributed by atoms with Gasteiger partial charge in [0.2, 0.25) is 0 Å². The third-order valence-electron chi connectivity index (χ3n) is 2.21. The highest BCUT2D eigenvalue weighted by Gasteiger charge is 2.37. The fraction of sp³-hybridized carbons (Fsp3) is 1.00. The van der Waals surface area contributed by atoms with Gasteiger partial charge in [0.1, 0.15) is 0 Å². The quantitative estimate of drug-likeness (QED) is 0.603. The number of rotatable bonds is 2. The smallest absolute Gasteiger partial charge is 0.0899 e. The van der Waals surface area contributed by atoms with Crippen LogP contribution in [0.3, 0.4) is 0 Å². The molecule has 2 heteroatoms. The Kier molecular flexibility index (Phi) is 1.75. The summed E-state index contributed by atoms with van der Waals surface area (Å²) in [6.45, 7) is 1.92. The average Bonchev–Trinajstić information content (AvgIpc) is 1.62. The van der Waals surface area contributed by atoms with Crippen molar-refractivity contribution in [3.63, 3.8) is 0 Å². The largest absolute Gasteiger partial charge is 0.328 e. The third kappa shape index (κ3) is 1.42. The van der Waals surface area contributed by atoms with Gasteiger partial charge < -0.3 is 5.73 Å². The Hall–Kier alpha value is -0.110. The summed E-state index contributed by atoms with van der Waals surface area (Å²) >= 11 is 0. The monoisotopic (exact) mass is 131 g/mol. The molecule has 0 saturated heterocycles. The maximum atomic E-state index is 11.8. The molecule has 1 nitrogen and oxygen atoms in total. The summed E-state index contributed by atoms with van der Waals surface area (Å²) in [7, 11) is 0. The van der Waals surface area contributed by atoms with Crippen molar-refractivity contribution in [2.45, 2.75) is 32.2 Å². The number of alkyl halides is 1. The van der Waals surface area contributed by atoms with E-state index in [9.17, 15) is 4.39 Å². The van der Waals surface area contributed by atoms with Gasteiger partial charge in [0.15, 0.2) is 0 Å². The lowest BCUT2D eigenvalue weighted by Crippen LogP contribution is -2.44. The number of halogens is 1. The van der Waals surface area contributed by atoms with Crippen molar-refractivity contribution in [1.82, 2.24) is 0 Å². The topological polar surface area (TPSA) is 26.0 Å². The molecule has 1 aliphatic rings. The summed E-state index contributed by atoms with van der Waals surface area (Å²) < 4.78 is 11.8. The highest BCUT2D eigenvalue weighted by molar-refractivity contribution is 4.92. The first kappa shape index (κ1) is 7.00. The van der Waals surface area contributed by atoms with E-state index in [4.69, 9.17) is 5.73 Å². The van der Waals surface area contributed by atoms with E-state index in [-0.39, 0.29) is 12.1 Å². The summed E-state index contributed by atoms with van der Waals surface area (Å²) in [6, 6.07) is 0.349. The van der Waals surface area contributed by atoms with Crippen molar-refractivity contribution in [3.8, 4) is 0 Å². The fourth-order valence-corrected chi connectivity index (χ4v) is 1.64. The zero-order chi connectivity index (χ0) is 6.91. The molecule has 1 aliphatic carbocycles. The summed E-state index contributed by atoms with van der Waals surface area (Å²) in [6.07, 6.45) is 2.72. The molecule has 9 heavy (non-hydrogen) atoms. The molecule has 0 heterocycles. The molecule has 1 fully saturated rings. The normalized spacial score (nSPS) is 42.3. The van der Waals surface area contributed by atoms with Crippen LogP contribution in [0.2, 0.25) is 0 Å². The van der Waals surface area contributed by atoms with E-state index in [1.165, 1.54) is 0 Å². The molecule has 0 spiro atoms. The Morgan fingerprint density at radius 1 is 1.67 bits per heavy atom. The maximum Gasteiger partial charge on any atom is 0.0899 e. The van der Waals surface area contributed by atoms with E-state index in [1.807, 2.05) is 0 Å². The van der Waals surface area contributed by atoms with Crippen molar-refractivity contribution in [3.05, 3.63) is 0 Å². The van der Waals surface area contributed by atoms with Crippen LogP contribution >= 0.6 is 0 Å². The first-order valence-corrected chi connectivity index (χ1v) is 3.48. The maximum absolute atomic E-state index is 11.8. The summed E-state index contributed by atoms with van der Waals surface area (Å²) in [4.78, 5) is 0. The standard InChI is InChI=1S/C7H14FN/c1-7(2-3-8)4-6(9)5-7/h6H,2-5,9H2,1H3. The molecular weight excluding hydrogens is 117 g/mol. The lowest BCUT2D eigenvalue weighted by atomic mass is 9.65. The van der Waals surface area contributed by atoms with Crippen LogP contribution in [-0.4, -0.2) is 12.7 Å². The number of hydrogen-bond acceptors (Lipinski definition) is 1. The van der Waals surface area contributed by atoms with Gasteiger partial charge in [-0.05, 0) is 24.7 Å². The van der Waals surface area contributed by atoms with Gasteiger partial charge in [-0.2, -0.15) is 0 Å². The first-order valence-electron chi connectivity index (χ1n) is 3.48. The zero-order valence-electron chi connectivity index (χ0n) is 5.86. The van der Waals surface area contributed by atoms with Gasteiger partial charge in [-0.15, -0.1) is 0 Å². The average molecular weight is 131 g/mol. The molecule has 1 saturated carbocycles. The molecule has 54 valence electrons. The molecule has 0 aromatic heterocycles. The Bertz CT molecular complexity index is 91.6. The minimum absolute atomic E-state index is 0.191. The van der Waals surface area contributed by atoms with Crippen LogP contribution < -0.4 is 5.73 Å². The fourth-order valence-electron chi connectivity index (χ4n) is 1.64. The highest BCUT2D eigenvalue weighted by atomic mass is 19.1. The summed E-state index contributed by atoms with van der Waals surface area (Å²) in [5.74, 6) is 0. The molecule has 0 aromatic rings. The Morgan fingerprint density at radius 3 is 2.56 bits per heavy atom. The van der Waals surface area contributed by atoms with Gasteiger partial charge in [0.25, 0.3) is 0 Å². The molecule has 0 aliphatic heterocycles. The Balaban J connectivity index is 2.23. The van der Waals surface area contributed by atoms with Gasteiger partial charge in [-0.3, -0.25) is 4.39 Å². The van der Waals surface area contributed by atoms with E-state index >= 15 is 0 Å².